The summed E-state index contributed by atoms with van der Waals surface area (Å²) in [5, 5.41) is 7.09. The molecule has 1 aromatic rings. The number of nitrogens with zero attached hydrogens (tertiary/aromatic N) is 1. The molecule has 3 rings (SSSR count). The highest BCUT2D eigenvalue weighted by Gasteiger charge is 2.47. The lowest BCUT2D eigenvalue weighted by Crippen LogP contribution is -1.94. The van der Waals surface area contributed by atoms with Crippen molar-refractivity contribution in [3.8, 4) is 0 Å². The normalized spacial score (nSPS) is 30.6. The number of anilines is 1. The van der Waals surface area contributed by atoms with E-state index in [0.29, 0.717) is 5.82 Å². The molecule has 2 saturated carbocycles. The van der Waals surface area contributed by atoms with Gasteiger partial charge in [0.05, 0.1) is 0 Å². The fourth-order valence-corrected chi connectivity index (χ4v) is 2.52. The minimum atomic E-state index is 0.670. The molecule has 2 aliphatic carbocycles. The number of hydrogen-bond acceptors (Lipinski definition) is 2. The SMILES string of the molecule is Cc1c(N)n[nH]c1C[C@@H]1C[C@H]1C1CC1. The molecule has 0 radical (unpaired) electrons. The molecule has 3 N–H and O–H groups in total. The van der Waals surface area contributed by atoms with Gasteiger partial charge in [-0.15, -0.1) is 0 Å². The van der Waals surface area contributed by atoms with Crippen LogP contribution in [0.4, 0.5) is 5.82 Å². The predicted octanol–water partition coefficient (Wildman–Crippen LogP) is 1.89. The highest BCUT2D eigenvalue weighted by molar-refractivity contribution is 5.40. The van der Waals surface area contributed by atoms with Gasteiger partial charge in [0.1, 0.15) is 5.82 Å². The van der Waals surface area contributed by atoms with Crippen molar-refractivity contribution in [2.24, 2.45) is 17.8 Å². The number of aromatic amines is 1. The van der Waals surface area contributed by atoms with Crippen molar-refractivity contribution in [2.75, 3.05) is 5.73 Å². The second-order valence-corrected chi connectivity index (χ2v) is 4.91. The number of nitrogens with two attached hydrogens (primary N) is 1. The van der Waals surface area contributed by atoms with Gasteiger partial charge in [-0.3, -0.25) is 5.10 Å². The van der Waals surface area contributed by atoms with E-state index in [2.05, 4.69) is 17.1 Å². The van der Waals surface area contributed by atoms with Crippen molar-refractivity contribution < 1.29 is 0 Å². The fourth-order valence-electron chi connectivity index (χ4n) is 2.52. The van der Waals surface area contributed by atoms with Gasteiger partial charge in [0.15, 0.2) is 0 Å². The summed E-state index contributed by atoms with van der Waals surface area (Å²) in [6.45, 7) is 2.06. The van der Waals surface area contributed by atoms with Gasteiger partial charge in [0.25, 0.3) is 0 Å². The molecule has 3 nitrogen and oxygen atoms in total. The largest absolute Gasteiger partial charge is 0.382 e. The van der Waals surface area contributed by atoms with E-state index in [-0.39, 0.29) is 0 Å². The zero-order chi connectivity index (χ0) is 9.71. The maximum absolute atomic E-state index is 5.70. The second kappa shape index (κ2) is 2.75. The van der Waals surface area contributed by atoms with Gasteiger partial charge < -0.3 is 5.73 Å². The van der Waals surface area contributed by atoms with E-state index in [9.17, 15) is 0 Å². The molecule has 1 aromatic heterocycles. The highest BCUT2D eigenvalue weighted by Crippen LogP contribution is 2.55. The van der Waals surface area contributed by atoms with Crippen LogP contribution in [-0.4, -0.2) is 10.2 Å². The molecule has 0 unspecified atom stereocenters. The van der Waals surface area contributed by atoms with Crippen LogP contribution in [0.25, 0.3) is 0 Å². The number of nitrogens with one attached hydrogen (secondary N) is 1. The molecule has 1 heterocycles. The van der Waals surface area contributed by atoms with Gasteiger partial charge in [-0.1, -0.05) is 0 Å². The van der Waals surface area contributed by atoms with Gasteiger partial charge in [0.2, 0.25) is 0 Å². The van der Waals surface area contributed by atoms with Gasteiger partial charge >= 0.3 is 0 Å². The van der Waals surface area contributed by atoms with Gasteiger partial charge in [0, 0.05) is 11.3 Å². The van der Waals surface area contributed by atoms with Crippen LogP contribution in [0, 0.1) is 24.7 Å². The predicted molar refractivity (Wildman–Crippen MR) is 55.8 cm³/mol. The Morgan fingerprint density at radius 1 is 1.50 bits per heavy atom. The topological polar surface area (TPSA) is 54.7 Å². The molecule has 0 aliphatic heterocycles. The lowest BCUT2D eigenvalue weighted by molar-refractivity contribution is 0.618. The molecule has 76 valence electrons. The molecule has 0 amide bonds. The van der Waals surface area contributed by atoms with E-state index in [1.807, 2.05) is 0 Å². The summed E-state index contributed by atoms with van der Waals surface area (Å²) in [7, 11) is 0. The highest BCUT2D eigenvalue weighted by atomic mass is 15.2. The zero-order valence-corrected chi connectivity index (χ0v) is 8.59. The molecule has 3 heteroatoms. The zero-order valence-electron chi connectivity index (χ0n) is 8.59. The first-order valence-electron chi connectivity index (χ1n) is 5.55. The average Bonchev–Trinajstić information content (AvgIpc) is 3.00. The van der Waals surface area contributed by atoms with E-state index in [0.717, 1.165) is 29.7 Å². The molecule has 0 bridgehead atoms. The molecule has 0 saturated heterocycles. The number of hydrogen-bond donors (Lipinski definition) is 2. The molecule has 2 fully saturated rings. The van der Waals surface area contributed by atoms with Crippen molar-refractivity contribution >= 4 is 5.82 Å². The van der Waals surface area contributed by atoms with Gasteiger partial charge in [-0.05, 0) is 50.4 Å². The molecule has 2 atom stereocenters. The molecule has 0 aromatic carbocycles. The van der Waals surface area contributed by atoms with Crippen molar-refractivity contribution in [1.29, 1.82) is 0 Å². The minimum Gasteiger partial charge on any atom is -0.382 e. The Bertz CT molecular complexity index is 351. The first-order valence-corrected chi connectivity index (χ1v) is 5.55. The summed E-state index contributed by atoms with van der Waals surface area (Å²) in [6.07, 6.45) is 5.55. The second-order valence-electron chi connectivity index (χ2n) is 4.91. The Kier molecular flexibility index (Phi) is 1.64. The summed E-state index contributed by atoms with van der Waals surface area (Å²) < 4.78 is 0. The van der Waals surface area contributed by atoms with Crippen LogP contribution < -0.4 is 5.73 Å². The Morgan fingerprint density at radius 2 is 2.29 bits per heavy atom. The third kappa shape index (κ3) is 1.31. The van der Waals surface area contributed by atoms with Gasteiger partial charge in [-0.25, -0.2) is 0 Å². The molecular formula is C11H17N3. The molecule has 2 aliphatic rings. The maximum atomic E-state index is 5.70. The van der Waals surface area contributed by atoms with E-state index in [4.69, 9.17) is 5.73 Å². The van der Waals surface area contributed by atoms with Crippen molar-refractivity contribution in [1.82, 2.24) is 10.2 Å². The summed E-state index contributed by atoms with van der Waals surface area (Å²) >= 11 is 0. The summed E-state index contributed by atoms with van der Waals surface area (Å²) in [4.78, 5) is 0. The van der Waals surface area contributed by atoms with Crippen LogP contribution in [0.3, 0.4) is 0 Å². The van der Waals surface area contributed by atoms with Gasteiger partial charge in [-0.2, -0.15) is 5.10 Å². The Labute approximate surface area is 84.1 Å². The van der Waals surface area contributed by atoms with Crippen LogP contribution in [0.15, 0.2) is 0 Å². The third-order valence-electron chi connectivity index (χ3n) is 3.82. The smallest absolute Gasteiger partial charge is 0.148 e. The van der Waals surface area contributed by atoms with Crippen molar-refractivity contribution in [3.63, 3.8) is 0 Å². The number of nitrogen functional groups attached to an aromatic ring is 1. The van der Waals surface area contributed by atoms with E-state index >= 15 is 0 Å². The summed E-state index contributed by atoms with van der Waals surface area (Å²) in [5.74, 6) is 3.68. The van der Waals surface area contributed by atoms with Crippen LogP contribution in [0.5, 0.6) is 0 Å². The third-order valence-corrected chi connectivity index (χ3v) is 3.82. The molecule has 14 heavy (non-hydrogen) atoms. The van der Waals surface area contributed by atoms with E-state index in [1.165, 1.54) is 25.0 Å². The lowest BCUT2D eigenvalue weighted by Gasteiger charge is -1.98. The van der Waals surface area contributed by atoms with E-state index < -0.39 is 0 Å². The molecule has 0 spiro atoms. The summed E-state index contributed by atoms with van der Waals surface area (Å²) in [6, 6.07) is 0. The van der Waals surface area contributed by atoms with E-state index in [1.54, 1.807) is 0 Å². The Balaban J connectivity index is 1.65. The average molecular weight is 191 g/mol. The number of aromatic nitrogens is 2. The lowest BCUT2D eigenvalue weighted by atomic mass is 10.1. The van der Waals surface area contributed by atoms with Crippen LogP contribution in [-0.2, 0) is 6.42 Å². The fraction of sp³-hybridized carbons (Fsp3) is 0.727. The van der Waals surface area contributed by atoms with Crippen LogP contribution >= 0.6 is 0 Å². The first-order chi connectivity index (χ1) is 6.75. The van der Waals surface area contributed by atoms with Crippen molar-refractivity contribution in [2.45, 2.75) is 32.6 Å². The standard InChI is InChI=1S/C11H17N3/c1-6-10(13-14-11(6)12)5-8-4-9(8)7-2-3-7/h7-9H,2-5H2,1H3,(H3,12,13,14)/t8-,9-/m0/s1. The van der Waals surface area contributed by atoms with Crippen molar-refractivity contribution in [3.05, 3.63) is 11.3 Å². The Hall–Kier alpha value is -0.990. The molecular weight excluding hydrogens is 174 g/mol. The summed E-state index contributed by atoms with van der Waals surface area (Å²) in [5.41, 5.74) is 8.12. The Morgan fingerprint density at radius 3 is 2.86 bits per heavy atom. The van der Waals surface area contributed by atoms with Crippen LogP contribution in [0.1, 0.15) is 30.5 Å². The maximum Gasteiger partial charge on any atom is 0.148 e. The number of H-pyrrole nitrogens is 1. The quantitative estimate of drug-likeness (QED) is 0.766. The number of rotatable bonds is 3. The monoisotopic (exact) mass is 191 g/mol. The van der Waals surface area contributed by atoms with Crippen LogP contribution in [0.2, 0.25) is 0 Å². The first kappa shape index (κ1) is 8.33. The minimum absolute atomic E-state index is 0.670.